The fourth-order valence-electron chi connectivity index (χ4n) is 1.44. The van der Waals surface area contributed by atoms with Crippen LogP contribution in [0, 0.1) is 11.7 Å². The van der Waals surface area contributed by atoms with Crippen molar-refractivity contribution < 1.29 is 4.57 Å². The Kier molecular flexibility index (Phi) is 1.88. The number of para-hydroxylation sites is 1. The van der Waals surface area contributed by atoms with Crippen LogP contribution in [0.1, 0.15) is 5.69 Å². The minimum atomic E-state index is 0.760. The lowest BCUT2D eigenvalue weighted by Gasteiger charge is -2.00. The molecule has 0 amide bonds. The number of hydrogen-bond donors (Lipinski definition) is 1. The second-order valence-corrected chi connectivity index (χ2v) is 3.51. The summed E-state index contributed by atoms with van der Waals surface area (Å²) in [5.41, 5.74) is 2.29. The summed E-state index contributed by atoms with van der Waals surface area (Å²) in [6.45, 7) is 2.08. The van der Waals surface area contributed by atoms with E-state index in [0.29, 0.717) is 0 Å². The number of aromatic nitrogens is 2. The third kappa shape index (κ3) is 1.25. The van der Waals surface area contributed by atoms with Crippen LogP contribution in [0.2, 0.25) is 0 Å². The molecule has 0 aliphatic heterocycles. The monoisotopic (exact) mass is 191 g/mol. The van der Waals surface area contributed by atoms with Gasteiger partial charge in [-0.15, -0.1) is 0 Å². The van der Waals surface area contributed by atoms with Crippen LogP contribution in [0.15, 0.2) is 24.3 Å². The van der Waals surface area contributed by atoms with Gasteiger partial charge in [0.05, 0.1) is 12.4 Å². The van der Waals surface area contributed by atoms with Crippen LogP contribution >= 0.6 is 12.2 Å². The Morgan fingerprint density at radius 1 is 1.31 bits per heavy atom. The first-order valence-corrected chi connectivity index (χ1v) is 4.58. The van der Waals surface area contributed by atoms with Crippen LogP contribution in [0.4, 0.5) is 0 Å². The van der Waals surface area contributed by atoms with Gasteiger partial charge in [0, 0.05) is 12.2 Å². The van der Waals surface area contributed by atoms with Gasteiger partial charge in [-0.3, -0.25) is 0 Å². The quantitative estimate of drug-likeness (QED) is 0.499. The molecule has 2 aromatic rings. The molecule has 0 spiro atoms. The fourth-order valence-corrected chi connectivity index (χ4v) is 1.69. The van der Waals surface area contributed by atoms with Gasteiger partial charge in [0.1, 0.15) is 11.2 Å². The van der Waals surface area contributed by atoms with Crippen molar-refractivity contribution in [3.8, 4) is 0 Å². The summed E-state index contributed by atoms with van der Waals surface area (Å²) in [6, 6.07) is 8.17. The lowest BCUT2D eigenvalue weighted by Crippen LogP contribution is -2.34. The van der Waals surface area contributed by atoms with E-state index in [1.807, 2.05) is 29.8 Å². The molecule has 0 bridgehead atoms. The van der Waals surface area contributed by atoms with Gasteiger partial charge >= 0.3 is 4.77 Å². The molecule has 2 rings (SSSR count). The molecule has 0 aliphatic rings. The normalized spacial score (nSPS) is 10.6. The van der Waals surface area contributed by atoms with Crippen LogP contribution in [0.5, 0.6) is 0 Å². The number of aryl methyl sites for hydroxylation is 1. The van der Waals surface area contributed by atoms with Gasteiger partial charge in [-0.2, -0.15) is 0 Å². The average molecular weight is 191 g/mol. The van der Waals surface area contributed by atoms with Crippen molar-refractivity contribution in [1.82, 2.24) is 4.98 Å². The van der Waals surface area contributed by atoms with Crippen molar-refractivity contribution in [3.63, 3.8) is 0 Å². The number of nitrogens with zero attached hydrogens (tertiary/aromatic N) is 1. The molecule has 0 unspecified atom stereocenters. The highest BCUT2D eigenvalue weighted by molar-refractivity contribution is 7.71. The van der Waals surface area contributed by atoms with E-state index in [1.165, 1.54) is 11.1 Å². The highest BCUT2D eigenvalue weighted by atomic mass is 32.1. The topological polar surface area (TPSA) is 19.7 Å². The zero-order valence-electron chi connectivity index (χ0n) is 7.66. The van der Waals surface area contributed by atoms with Crippen LogP contribution < -0.4 is 4.57 Å². The molecule has 0 radical (unpaired) electrons. The second kappa shape index (κ2) is 2.92. The van der Waals surface area contributed by atoms with Crippen molar-refractivity contribution in [1.29, 1.82) is 0 Å². The van der Waals surface area contributed by atoms with E-state index in [0.717, 1.165) is 10.3 Å². The predicted octanol–water partition coefficient (Wildman–Crippen LogP) is 2.03. The predicted molar refractivity (Wildman–Crippen MR) is 55.0 cm³/mol. The fraction of sp³-hybridized carbons (Fsp3) is 0.200. The summed E-state index contributed by atoms with van der Waals surface area (Å²) in [5, 5.41) is 1.22. The molecule has 66 valence electrons. The first-order valence-electron chi connectivity index (χ1n) is 4.18. The number of hydrogen-bond acceptors (Lipinski definition) is 1. The van der Waals surface area contributed by atoms with E-state index in [9.17, 15) is 0 Å². The van der Waals surface area contributed by atoms with Gasteiger partial charge < -0.3 is 0 Å². The Balaban J connectivity index is 3.02. The van der Waals surface area contributed by atoms with Gasteiger partial charge in [0.15, 0.2) is 0 Å². The molecule has 13 heavy (non-hydrogen) atoms. The Labute approximate surface area is 81.9 Å². The average Bonchev–Trinajstić information content (AvgIpc) is 2.15. The van der Waals surface area contributed by atoms with Crippen molar-refractivity contribution >= 4 is 23.1 Å². The Hall–Kier alpha value is -1.22. The maximum absolute atomic E-state index is 5.18. The maximum atomic E-state index is 5.18. The zero-order valence-corrected chi connectivity index (χ0v) is 8.48. The number of nitrogens with one attached hydrogen (secondary N) is 1. The minimum absolute atomic E-state index is 0.760. The molecule has 0 saturated heterocycles. The Bertz CT molecular complexity index is 514. The van der Waals surface area contributed by atoms with Gasteiger partial charge in [0.2, 0.25) is 0 Å². The first kappa shape index (κ1) is 8.38. The van der Waals surface area contributed by atoms with Crippen LogP contribution in [-0.2, 0) is 7.05 Å². The summed E-state index contributed by atoms with van der Waals surface area (Å²) < 4.78 is 2.74. The molecule has 2 nitrogen and oxygen atoms in total. The van der Waals surface area contributed by atoms with E-state index >= 15 is 0 Å². The molecular weight excluding hydrogens is 180 g/mol. The molecule has 0 atom stereocenters. The van der Waals surface area contributed by atoms with Gasteiger partial charge in [-0.1, -0.05) is 12.1 Å². The largest absolute Gasteiger partial charge is 0.349 e. The molecule has 1 N–H and O–H groups in total. The lowest BCUT2D eigenvalue weighted by atomic mass is 10.2. The third-order valence-corrected chi connectivity index (χ3v) is 2.74. The van der Waals surface area contributed by atoms with E-state index in [2.05, 4.69) is 18.0 Å². The number of fused-ring (bicyclic) bond motifs is 1. The summed E-state index contributed by atoms with van der Waals surface area (Å²) in [5.74, 6) is 0. The lowest BCUT2D eigenvalue weighted by molar-refractivity contribution is -0.685. The molecule has 3 heteroatoms. The maximum Gasteiger partial charge on any atom is 0.349 e. The van der Waals surface area contributed by atoms with Crippen molar-refractivity contribution in [3.05, 3.63) is 34.7 Å². The number of H-pyrrole nitrogens is 1. The van der Waals surface area contributed by atoms with E-state index in [4.69, 9.17) is 12.2 Å². The Morgan fingerprint density at radius 2 is 2.00 bits per heavy atom. The highest BCUT2D eigenvalue weighted by Crippen LogP contribution is 2.11. The zero-order chi connectivity index (χ0) is 9.42. The van der Waals surface area contributed by atoms with Crippen molar-refractivity contribution in [2.75, 3.05) is 0 Å². The van der Waals surface area contributed by atoms with Crippen molar-refractivity contribution in [2.45, 2.75) is 6.92 Å². The van der Waals surface area contributed by atoms with E-state index < -0.39 is 0 Å². The van der Waals surface area contributed by atoms with Crippen molar-refractivity contribution in [2.24, 2.45) is 7.05 Å². The standard InChI is InChI=1S/C10H10N2S/c1-7-8-5-3-4-6-9(8)11-10(13)12(7)2/h3-6H,1-2H3/p+1. The number of aromatic amines is 1. The van der Waals surface area contributed by atoms with Gasteiger partial charge in [0.25, 0.3) is 0 Å². The third-order valence-electron chi connectivity index (χ3n) is 2.37. The SMILES string of the molecule is Cc1c2ccccc2[nH]c(=S)[n+]1C. The molecule has 1 heterocycles. The van der Waals surface area contributed by atoms with E-state index in [-0.39, 0.29) is 0 Å². The summed E-state index contributed by atoms with van der Waals surface area (Å²) in [7, 11) is 1.97. The summed E-state index contributed by atoms with van der Waals surface area (Å²) >= 11 is 5.18. The van der Waals surface area contributed by atoms with E-state index in [1.54, 1.807) is 0 Å². The van der Waals surface area contributed by atoms with Crippen LogP contribution in [0.3, 0.4) is 0 Å². The Morgan fingerprint density at radius 3 is 2.77 bits per heavy atom. The van der Waals surface area contributed by atoms with Gasteiger partial charge in [-0.25, -0.2) is 9.55 Å². The van der Waals surface area contributed by atoms with Crippen LogP contribution in [0.25, 0.3) is 10.9 Å². The molecule has 0 saturated carbocycles. The molecule has 1 aromatic heterocycles. The number of benzene rings is 1. The second-order valence-electron chi connectivity index (χ2n) is 3.12. The first-order chi connectivity index (χ1) is 6.20. The smallest absolute Gasteiger partial charge is 0.230 e. The molecule has 1 aromatic carbocycles. The number of rotatable bonds is 0. The summed E-state index contributed by atoms with van der Waals surface area (Å²) in [4.78, 5) is 3.18. The summed E-state index contributed by atoms with van der Waals surface area (Å²) in [6.07, 6.45) is 0. The molecular formula is C10H11N2S+. The molecule has 0 fully saturated rings. The van der Waals surface area contributed by atoms with Crippen LogP contribution in [-0.4, -0.2) is 4.98 Å². The highest BCUT2D eigenvalue weighted by Gasteiger charge is 2.06. The molecule has 0 aliphatic carbocycles. The minimum Gasteiger partial charge on any atom is -0.230 e. The van der Waals surface area contributed by atoms with Gasteiger partial charge in [-0.05, 0) is 19.1 Å².